The van der Waals surface area contributed by atoms with Gasteiger partial charge in [0.1, 0.15) is 11.2 Å². The molecule has 1 aliphatic rings. The van der Waals surface area contributed by atoms with Crippen LogP contribution in [0.1, 0.15) is 25.5 Å². The minimum absolute atomic E-state index is 0.0512. The first-order valence-electron chi connectivity index (χ1n) is 9.32. The third-order valence-corrected chi connectivity index (χ3v) is 5.09. The molecule has 1 saturated heterocycles. The fraction of sp³-hybridized carbons (Fsp3) is 0.474. The molecule has 0 aromatic carbocycles. The Bertz CT molecular complexity index is 1030. The van der Waals surface area contributed by atoms with Gasteiger partial charge >= 0.3 is 0 Å². The van der Waals surface area contributed by atoms with Crippen LogP contribution in [-0.2, 0) is 7.05 Å². The average molecular weight is 367 g/mol. The van der Waals surface area contributed by atoms with Crippen LogP contribution in [0.2, 0.25) is 0 Å². The molecule has 0 atom stereocenters. The highest BCUT2D eigenvalue weighted by Gasteiger charge is 2.23. The Labute approximate surface area is 158 Å². The number of hydrogen-bond acceptors (Lipinski definition) is 6. The van der Waals surface area contributed by atoms with Crippen molar-refractivity contribution < 1.29 is 0 Å². The van der Waals surface area contributed by atoms with Gasteiger partial charge in [0, 0.05) is 45.5 Å². The SMILES string of the molecule is Cc1ccnc(N2CCN(c3nc4c(cnn4C(C)C)c(=O)n3C)CC2)c1. The summed E-state index contributed by atoms with van der Waals surface area (Å²) in [4.78, 5) is 26.5. The fourth-order valence-electron chi connectivity index (χ4n) is 3.55. The van der Waals surface area contributed by atoms with E-state index in [1.165, 1.54) is 5.56 Å². The zero-order valence-corrected chi connectivity index (χ0v) is 16.3. The van der Waals surface area contributed by atoms with E-state index in [-0.39, 0.29) is 11.6 Å². The zero-order valence-electron chi connectivity index (χ0n) is 16.3. The molecule has 3 aromatic heterocycles. The summed E-state index contributed by atoms with van der Waals surface area (Å²) in [5, 5.41) is 4.92. The molecular weight excluding hydrogens is 342 g/mol. The molecule has 0 radical (unpaired) electrons. The molecule has 0 saturated carbocycles. The summed E-state index contributed by atoms with van der Waals surface area (Å²) in [5.74, 6) is 1.71. The molecule has 0 aliphatic carbocycles. The van der Waals surface area contributed by atoms with Gasteiger partial charge < -0.3 is 9.80 Å². The van der Waals surface area contributed by atoms with Crippen LogP contribution >= 0.6 is 0 Å². The summed E-state index contributed by atoms with van der Waals surface area (Å²) in [6, 6.07) is 4.27. The molecule has 142 valence electrons. The molecule has 27 heavy (non-hydrogen) atoms. The van der Waals surface area contributed by atoms with Crippen molar-refractivity contribution in [2.24, 2.45) is 7.05 Å². The van der Waals surface area contributed by atoms with Crippen molar-refractivity contribution >= 4 is 22.8 Å². The van der Waals surface area contributed by atoms with E-state index in [0.29, 0.717) is 17.0 Å². The summed E-state index contributed by atoms with van der Waals surface area (Å²) in [6.45, 7) is 9.42. The third-order valence-electron chi connectivity index (χ3n) is 5.09. The van der Waals surface area contributed by atoms with Crippen LogP contribution in [0.5, 0.6) is 0 Å². The highest BCUT2D eigenvalue weighted by Crippen LogP contribution is 2.20. The number of pyridine rings is 1. The molecule has 4 heterocycles. The van der Waals surface area contributed by atoms with Crippen molar-refractivity contribution in [2.45, 2.75) is 26.8 Å². The molecule has 1 fully saturated rings. The molecule has 8 nitrogen and oxygen atoms in total. The van der Waals surface area contributed by atoms with Gasteiger partial charge in [-0.25, -0.2) is 9.67 Å². The predicted octanol–water partition coefficient (Wildman–Crippen LogP) is 1.74. The van der Waals surface area contributed by atoms with E-state index >= 15 is 0 Å². The van der Waals surface area contributed by atoms with Crippen LogP contribution < -0.4 is 15.4 Å². The number of anilines is 2. The lowest BCUT2D eigenvalue weighted by Gasteiger charge is -2.36. The second-order valence-corrected chi connectivity index (χ2v) is 7.36. The molecule has 4 rings (SSSR count). The van der Waals surface area contributed by atoms with E-state index in [9.17, 15) is 4.79 Å². The standard InChI is InChI=1S/C19H25N7O/c1-13(2)26-17-15(12-21-26)18(27)23(4)19(22-17)25-9-7-24(8-10-25)16-11-14(3)5-6-20-16/h5-6,11-13H,7-10H2,1-4H3. The molecule has 1 aliphatic heterocycles. The number of nitrogens with zero attached hydrogens (tertiary/aromatic N) is 7. The van der Waals surface area contributed by atoms with Crippen molar-refractivity contribution in [3.8, 4) is 0 Å². The van der Waals surface area contributed by atoms with Gasteiger partial charge in [0.15, 0.2) is 5.65 Å². The van der Waals surface area contributed by atoms with Crippen LogP contribution in [0.25, 0.3) is 11.0 Å². The molecule has 0 spiro atoms. The Morgan fingerprint density at radius 2 is 1.81 bits per heavy atom. The van der Waals surface area contributed by atoms with E-state index in [1.807, 2.05) is 30.8 Å². The molecule has 0 amide bonds. The van der Waals surface area contributed by atoms with Crippen LogP contribution in [0.4, 0.5) is 11.8 Å². The van der Waals surface area contributed by atoms with Crippen LogP contribution in [-0.4, -0.2) is 50.5 Å². The summed E-state index contributed by atoms with van der Waals surface area (Å²) in [7, 11) is 1.78. The number of aryl methyl sites for hydroxylation is 1. The van der Waals surface area contributed by atoms with Gasteiger partial charge in [-0.1, -0.05) is 0 Å². The first-order chi connectivity index (χ1) is 13.0. The lowest BCUT2D eigenvalue weighted by Crippen LogP contribution is -2.48. The van der Waals surface area contributed by atoms with Crippen LogP contribution in [0.15, 0.2) is 29.3 Å². The molecule has 0 N–H and O–H groups in total. The minimum Gasteiger partial charge on any atom is -0.353 e. The van der Waals surface area contributed by atoms with Crippen LogP contribution in [0, 0.1) is 6.92 Å². The van der Waals surface area contributed by atoms with Crippen LogP contribution in [0.3, 0.4) is 0 Å². The second-order valence-electron chi connectivity index (χ2n) is 7.36. The Balaban J connectivity index is 1.63. The summed E-state index contributed by atoms with van der Waals surface area (Å²) < 4.78 is 3.45. The van der Waals surface area contributed by atoms with Crippen molar-refractivity contribution in [1.29, 1.82) is 0 Å². The number of rotatable bonds is 3. The van der Waals surface area contributed by atoms with Crippen molar-refractivity contribution in [3.05, 3.63) is 40.4 Å². The number of piperazine rings is 1. The highest BCUT2D eigenvalue weighted by molar-refractivity contribution is 5.75. The van der Waals surface area contributed by atoms with Gasteiger partial charge in [-0.15, -0.1) is 0 Å². The summed E-state index contributed by atoms with van der Waals surface area (Å²) >= 11 is 0. The van der Waals surface area contributed by atoms with Crippen molar-refractivity contribution in [3.63, 3.8) is 0 Å². The monoisotopic (exact) mass is 367 g/mol. The Hall–Kier alpha value is -2.90. The van der Waals surface area contributed by atoms with Gasteiger partial charge in [0.25, 0.3) is 5.56 Å². The topological polar surface area (TPSA) is 72.1 Å². The van der Waals surface area contributed by atoms with E-state index in [4.69, 9.17) is 4.98 Å². The first kappa shape index (κ1) is 17.5. The highest BCUT2D eigenvalue weighted by atomic mass is 16.1. The lowest BCUT2D eigenvalue weighted by molar-refractivity contribution is 0.544. The number of fused-ring (bicyclic) bond motifs is 1. The number of aromatic nitrogens is 5. The molecule has 0 unspecified atom stereocenters. The summed E-state index contributed by atoms with van der Waals surface area (Å²) in [5.41, 5.74) is 1.81. The van der Waals surface area contributed by atoms with E-state index in [1.54, 1.807) is 17.8 Å². The minimum atomic E-state index is -0.0512. The van der Waals surface area contributed by atoms with E-state index < -0.39 is 0 Å². The smallest absolute Gasteiger partial charge is 0.265 e. The Morgan fingerprint density at radius 1 is 1.11 bits per heavy atom. The molecule has 8 heteroatoms. The lowest BCUT2D eigenvalue weighted by atomic mass is 10.2. The van der Waals surface area contributed by atoms with Gasteiger partial charge in [-0.2, -0.15) is 10.1 Å². The van der Waals surface area contributed by atoms with E-state index in [2.05, 4.69) is 32.9 Å². The Kier molecular flexibility index (Phi) is 4.33. The molecular formula is C19H25N7O. The maximum absolute atomic E-state index is 12.8. The van der Waals surface area contributed by atoms with E-state index in [0.717, 1.165) is 32.0 Å². The third kappa shape index (κ3) is 3.05. The summed E-state index contributed by atoms with van der Waals surface area (Å²) in [6.07, 6.45) is 3.47. The number of hydrogen-bond donors (Lipinski definition) is 0. The fourth-order valence-corrected chi connectivity index (χ4v) is 3.55. The average Bonchev–Trinajstić information content (AvgIpc) is 3.09. The quantitative estimate of drug-likeness (QED) is 0.702. The second kappa shape index (κ2) is 6.68. The predicted molar refractivity (Wildman–Crippen MR) is 107 cm³/mol. The van der Waals surface area contributed by atoms with Crippen molar-refractivity contribution in [1.82, 2.24) is 24.3 Å². The normalized spacial score (nSPS) is 15.1. The zero-order chi connectivity index (χ0) is 19.1. The Morgan fingerprint density at radius 3 is 2.48 bits per heavy atom. The van der Waals surface area contributed by atoms with Gasteiger partial charge in [0.05, 0.1) is 6.20 Å². The molecule has 3 aromatic rings. The first-order valence-corrected chi connectivity index (χ1v) is 9.32. The van der Waals surface area contributed by atoms with Gasteiger partial charge in [-0.3, -0.25) is 9.36 Å². The van der Waals surface area contributed by atoms with Crippen molar-refractivity contribution in [2.75, 3.05) is 36.0 Å². The van der Waals surface area contributed by atoms with Gasteiger partial charge in [0.2, 0.25) is 5.95 Å². The maximum Gasteiger partial charge on any atom is 0.265 e. The van der Waals surface area contributed by atoms with Gasteiger partial charge in [-0.05, 0) is 38.5 Å². The molecule has 0 bridgehead atoms. The largest absolute Gasteiger partial charge is 0.353 e. The maximum atomic E-state index is 12.8.